The lowest BCUT2D eigenvalue weighted by Crippen LogP contribution is -2.30. The molecule has 0 radical (unpaired) electrons. The molecule has 1 heterocycles. The van der Waals surface area contributed by atoms with Gasteiger partial charge in [-0.05, 0) is 72.7 Å². The Kier molecular flexibility index (Phi) is 11.5. The highest BCUT2D eigenvalue weighted by molar-refractivity contribution is 8.00. The lowest BCUT2D eigenvalue weighted by atomic mass is 10.1. The molecule has 1 aromatic heterocycles. The summed E-state index contributed by atoms with van der Waals surface area (Å²) >= 11 is 8.74. The van der Waals surface area contributed by atoms with Gasteiger partial charge in [0.05, 0.1) is 18.1 Å². The van der Waals surface area contributed by atoms with Gasteiger partial charge >= 0.3 is 0 Å². The predicted molar refractivity (Wildman–Crippen MR) is 191 cm³/mol. The van der Waals surface area contributed by atoms with E-state index in [1.54, 1.807) is 86.0 Å². The van der Waals surface area contributed by atoms with E-state index in [0.717, 1.165) is 16.2 Å². The van der Waals surface area contributed by atoms with Crippen LogP contribution in [0.25, 0.3) is 17.3 Å². The van der Waals surface area contributed by atoms with Crippen molar-refractivity contribution in [1.82, 2.24) is 10.3 Å². The fourth-order valence-corrected chi connectivity index (χ4v) is 6.30. The Hall–Kier alpha value is -4.90. The highest BCUT2D eigenvalue weighted by Crippen LogP contribution is 2.30. The molecular weight excluding hydrogens is 652 g/mol. The highest BCUT2D eigenvalue weighted by Gasteiger charge is 2.21. The van der Waals surface area contributed by atoms with Crippen molar-refractivity contribution >= 4 is 69.3 Å². The first-order valence-electron chi connectivity index (χ1n) is 14.6. The highest BCUT2D eigenvalue weighted by atomic mass is 35.5. The number of thioether (sulfide) groups is 1. The molecule has 1 atom stereocenters. The van der Waals surface area contributed by atoms with Crippen LogP contribution >= 0.6 is 34.7 Å². The first kappa shape index (κ1) is 33.5. The molecule has 5 aromatic rings. The van der Waals surface area contributed by atoms with Gasteiger partial charge < -0.3 is 20.7 Å². The molecular formula is C36H31ClN4O4S2. The third-order valence-corrected chi connectivity index (χ3v) is 9.21. The van der Waals surface area contributed by atoms with Crippen molar-refractivity contribution in [2.24, 2.45) is 0 Å². The van der Waals surface area contributed by atoms with E-state index >= 15 is 0 Å². The fourth-order valence-electron chi connectivity index (χ4n) is 4.44. The minimum absolute atomic E-state index is 0.0531. The third kappa shape index (κ3) is 9.32. The Morgan fingerprint density at radius 3 is 2.45 bits per heavy atom. The summed E-state index contributed by atoms with van der Waals surface area (Å²) in [6.07, 6.45) is 2.16. The monoisotopic (exact) mass is 682 g/mol. The smallest absolute Gasteiger partial charge is 0.272 e. The van der Waals surface area contributed by atoms with E-state index in [0.29, 0.717) is 39.1 Å². The van der Waals surface area contributed by atoms with Crippen LogP contribution in [0.3, 0.4) is 0 Å². The van der Waals surface area contributed by atoms with Crippen molar-refractivity contribution in [2.75, 3.05) is 17.7 Å². The number of amides is 3. The largest absolute Gasteiger partial charge is 0.497 e. The van der Waals surface area contributed by atoms with E-state index in [-0.39, 0.29) is 11.6 Å². The Balaban J connectivity index is 1.28. The summed E-state index contributed by atoms with van der Waals surface area (Å²) in [7, 11) is 1.56. The van der Waals surface area contributed by atoms with Crippen molar-refractivity contribution in [1.29, 1.82) is 0 Å². The number of nitrogens with one attached hydrogen (secondary N) is 3. The molecule has 3 amide bonds. The first-order chi connectivity index (χ1) is 22.8. The number of halogens is 1. The molecule has 0 spiro atoms. The molecule has 0 aliphatic carbocycles. The SMILES string of the molecule is CCC(Sc1cccc(NC(=O)/C(=C/c2cccc(OC)c2)NC(=O)c2ccccc2)c1)C(=O)Nc1nc(-c2ccc(Cl)cc2)cs1. The van der Waals surface area contributed by atoms with Crippen LogP contribution in [0.4, 0.5) is 10.8 Å². The number of methoxy groups -OCH3 is 1. The number of rotatable bonds is 12. The quantitative estimate of drug-likeness (QED) is 0.0901. The average Bonchev–Trinajstić information content (AvgIpc) is 3.56. The number of hydrogen-bond acceptors (Lipinski definition) is 7. The van der Waals surface area contributed by atoms with Crippen LogP contribution in [0, 0.1) is 0 Å². The fraction of sp³-hybridized carbons (Fsp3) is 0.111. The predicted octanol–water partition coefficient (Wildman–Crippen LogP) is 8.39. The number of nitrogens with zero attached hydrogens (tertiary/aromatic N) is 1. The number of carbonyl (C=O) groups is 3. The van der Waals surface area contributed by atoms with Crippen LogP contribution < -0.4 is 20.7 Å². The Bertz CT molecular complexity index is 1890. The number of aromatic nitrogens is 1. The zero-order valence-electron chi connectivity index (χ0n) is 25.5. The van der Waals surface area contributed by atoms with Crippen molar-refractivity contribution in [3.63, 3.8) is 0 Å². The molecule has 238 valence electrons. The number of anilines is 2. The molecule has 0 bridgehead atoms. The van der Waals surface area contributed by atoms with Crippen LogP contribution in [-0.4, -0.2) is 35.1 Å². The second kappa shape index (κ2) is 16.1. The van der Waals surface area contributed by atoms with E-state index in [9.17, 15) is 14.4 Å². The summed E-state index contributed by atoms with van der Waals surface area (Å²) in [5.41, 5.74) is 3.31. The summed E-state index contributed by atoms with van der Waals surface area (Å²) in [5.74, 6) is -0.485. The maximum atomic E-state index is 13.6. The zero-order valence-corrected chi connectivity index (χ0v) is 27.9. The van der Waals surface area contributed by atoms with E-state index in [1.165, 1.54) is 23.1 Å². The van der Waals surface area contributed by atoms with Gasteiger partial charge in [0, 0.05) is 32.1 Å². The molecule has 0 aliphatic rings. The summed E-state index contributed by atoms with van der Waals surface area (Å²) in [5, 5.41) is 11.2. The molecule has 0 aliphatic heterocycles. The molecule has 5 rings (SSSR count). The molecule has 4 aromatic carbocycles. The minimum atomic E-state index is -0.510. The molecule has 11 heteroatoms. The Labute approximate surface area is 286 Å². The molecule has 0 saturated carbocycles. The van der Waals surface area contributed by atoms with Crippen LogP contribution in [0.15, 0.2) is 119 Å². The number of hydrogen-bond donors (Lipinski definition) is 3. The summed E-state index contributed by atoms with van der Waals surface area (Å²) in [4.78, 5) is 45.1. The second-order valence-electron chi connectivity index (χ2n) is 10.2. The second-order valence-corrected chi connectivity index (χ2v) is 12.8. The van der Waals surface area contributed by atoms with Gasteiger partial charge in [-0.3, -0.25) is 14.4 Å². The molecule has 1 unspecified atom stereocenters. The minimum Gasteiger partial charge on any atom is -0.497 e. The van der Waals surface area contributed by atoms with Gasteiger partial charge in [0.25, 0.3) is 11.8 Å². The van der Waals surface area contributed by atoms with Gasteiger partial charge in [-0.2, -0.15) is 0 Å². The number of ether oxygens (including phenoxy) is 1. The van der Waals surface area contributed by atoms with Gasteiger partial charge in [0.1, 0.15) is 11.4 Å². The normalized spacial score (nSPS) is 11.8. The van der Waals surface area contributed by atoms with Gasteiger partial charge in [-0.1, -0.05) is 67.1 Å². The molecule has 3 N–H and O–H groups in total. The Morgan fingerprint density at radius 2 is 1.70 bits per heavy atom. The van der Waals surface area contributed by atoms with Crippen molar-refractivity contribution in [3.8, 4) is 17.0 Å². The van der Waals surface area contributed by atoms with E-state index in [4.69, 9.17) is 16.3 Å². The Morgan fingerprint density at radius 1 is 0.936 bits per heavy atom. The zero-order chi connectivity index (χ0) is 33.2. The lowest BCUT2D eigenvalue weighted by molar-refractivity contribution is -0.116. The molecule has 0 saturated heterocycles. The van der Waals surface area contributed by atoms with Gasteiger partial charge in [0.2, 0.25) is 5.91 Å². The third-order valence-electron chi connectivity index (χ3n) is 6.84. The summed E-state index contributed by atoms with van der Waals surface area (Å²) in [6, 6.07) is 30.4. The van der Waals surface area contributed by atoms with E-state index in [2.05, 4.69) is 20.9 Å². The van der Waals surface area contributed by atoms with Crippen molar-refractivity contribution in [2.45, 2.75) is 23.5 Å². The maximum Gasteiger partial charge on any atom is 0.272 e. The maximum absolute atomic E-state index is 13.6. The van der Waals surface area contributed by atoms with Crippen molar-refractivity contribution < 1.29 is 19.1 Å². The number of benzene rings is 4. The van der Waals surface area contributed by atoms with Gasteiger partial charge in [-0.25, -0.2) is 4.98 Å². The van der Waals surface area contributed by atoms with Crippen LogP contribution in [0.2, 0.25) is 5.02 Å². The summed E-state index contributed by atoms with van der Waals surface area (Å²) < 4.78 is 5.32. The van der Waals surface area contributed by atoms with E-state index < -0.39 is 17.1 Å². The number of carbonyl (C=O) groups excluding carboxylic acids is 3. The average molecular weight is 683 g/mol. The van der Waals surface area contributed by atoms with Crippen LogP contribution in [-0.2, 0) is 9.59 Å². The van der Waals surface area contributed by atoms with Crippen LogP contribution in [0.5, 0.6) is 5.75 Å². The molecule has 0 fully saturated rings. The topological polar surface area (TPSA) is 109 Å². The molecule has 47 heavy (non-hydrogen) atoms. The van der Waals surface area contributed by atoms with Gasteiger partial charge in [-0.15, -0.1) is 23.1 Å². The first-order valence-corrected chi connectivity index (χ1v) is 16.8. The van der Waals surface area contributed by atoms with Crippen LogP contribution in [0.1, 0.15) is 29.3 Å². The standard InChI is InChI=1S/C36H31ClN4O4S2/c1-3-32(35(44)41-36-40-31(22-46-36)24-15-17-26(37)18-16-24)47-29-14-8-12-27(21-29)38-34(43)30(20-23-9-7-13-28(19-23)45-2)39-33(42)25-10-5-4-6-11-25/h4-22,32H,3H2,1-2H3,(H,38,43)(H,39,42)(H,40,41,44)/b30-20-. The van der Waals surface area contributed by atoms with E-state index in [1.807, 2.05) is 42.6 Å². The number of thiazole rings is 1. The van der Waals surface area contributed by atoms with Gasteiger partial charge in [0.15, 0.2) is 5.13 Å². The summed E-state index contributed by atoms with van der Waals surface area (Å²) in [6.45, 7) is 1.94. The lowest BCUT2D eigenvalue weighted by Gasteiger charge is -2.15. The van der Waals surface area contributed by atoms with Crippen molar-refractivity contribution in [3.05, 3.63) is 130 Å². The molecule has 8 nitrogen and oxygen atoms in total.